The van der Waals surface area contributed by atoms with Crippen molar-refractivity contribution in [1.29, 1.82) is 0 Å². The fourth-order valence-electron chi connectivity index (χ4n) is 2.03. The summed E-state index contributed by atoms with van der Waals surface area (Å²) in [6, 6.07) is 6.89. The first kappa shape index (κ1) is 16.4. The maximum atomic E-state index is 12.2. The normalized spacial score (nSPS) is 12.1. The number of amides is 2. The first-order valence-electron chi connectivity index (χ1n) is 6.98. The predicted octanol–water partition coefficient (Wildman–Crippen LogP) is 1.70. The molecule has 0 saturated heterocycles. The van der Waals surface area contributed by atoms with Crippen molar-refractivity contribution in [2.75, 3.05) is 12.0 Å². The summed E-state index contributed by atoms with van der Waals surface area (Å²) in [6.45, 7) is 1.60. The number of carbonyl (C=O) groups is 2. The Morgan fingerprint density at radius 1 is 1.36 bits per heavy atom. The number of hydrogen-bond acceptors (Lipinski definition) is 5. The molecule has 0 radical (unpaired) electrons. The van der Waals surface area contributed by atoms with E-state index in [-0.39, 0.29) is 18.4 Å². The second kappa shape index (κ2) is 7.84. The summed E-state index contributed by atoms with van der Waals surface area (Å²) in [5, 5.41) is 5.42. The Hall–Kier alpha value is -2.02. The standard InChI is InChI=1S/C15H19N3O3S/c1-10(19)17-12(7-8-22-2)15(20)16-9-14-18-11-5-3-4-6-13(11)21-14/h3-6,12H,7-9H2,1-2H3,(H,16,20)(H,17,19)/t12-/m0/s1. The van der Waals surface area contributed by atoms with Gasteiger partial charge in [0.05, 0.1) is 6.54 Å². The molecule has 2 aromatic rings. The van der Waals surface area contributed by atoms with Gasteiger partial charge < -0.3 is 15.1 Å². The zero-order valence-corrected chi connectivity index (χ0v) is 13.4. The summed E-state index contributed by atoms with van der Waals surface area (Å²) in [5.41, 5.74) is 1.44. The molecule has 22 heavy (non-hydrogen) atoms. The van der Waals surface area contributed by atoms with Gasteiger partial charge in [-0.1, -0.05) is 12.1 Å². The zero-order chi connectivity index (χ0) is 15.9. The lowest BCUT2D eigenvalue weighted by atomic mass is 10.2. The molecule has 6 nitrogen and oxygen atoms in total. The molecule has 0 aliphatic rings. The number of benzene rings is 1. The molecule has 0 fully saturated rings. The molecule has 0 aliphatic carbocycles. The van der Waals surface area contributed by atoms with Crippen molar-refractivity contribution < 1.29 is 14.0 Å². The average Bonchev–Trinajstić information content (AvgIpc) is 2.91. The van der Waals surface area contributed by atoms with Crippen LogP contribution >= 0.6 is 11.8 Å². The minimum absolute atomic E-state index is 0.197. The summed E-state index contributed by atoms with van der Waals surface area (Å²) < 4.78 is 5.54. The van der Waals surface area contributed by atoms with Gasteiger partial charge in [0.2, 0.25) is 17.7 Å². The fraction of sp³-hybridized carbons (Fsp3) is 0.400. The number of nitrogens with zero attached hydrogens (tertiary/aromatic N) is 1. The Morgan fingerprint density at radius 2 is 2.14 bits per heavy atom. The van der Waals surface area contributed by atoms with Gasteiger partial charge in [-0.2, -0.15) is 11.8 Å². The highest BCUT2D eigenvalue weighted by molar-refractivity contribution is 7.98. The molecule has 1 heterocycles. The molecule has 2 rings (SSSR count). The van der Waals surface area contributed by atoms with E-state index in [0.717, 1.165) is 11.3 Å². The molecule has 0 unspecified atom stereocenters. The second-order valence-electron chi connectivity index (χ2n) is 4.83. The third-order valence-electron chi connectivity index (χ3n) is 3.06. The van der Waals surface area contributed by atoms with Gasteiger partial charge >= 0.3 is 0 Å². The summed E-state index contributed by atoms with van der Waals surface area (Å²) in [7, 11) is 0. The monoisotopic (exact) mass is 321 g/mol. The number of carbonyl (C=O) groups excluding carboxylic acids is 2. The fourth-order valence-corrected chi connectivity index (χ4v) is 2.50. The van der Waals surface area contributed by atoms with E-state index in [2.05, 4.69) is 15.6 Å². The number of oxazole rings is 1. The number of thioether (sulfide) groups is 1. The number of aromatic nitrogens is 1. The molecular weight excluding hydrogens is 302 g/mol. The van der Waals surface area contributed by atoms with Crippen LogP contribution in [0.2, 0.25) is 0 Å². The van der Waals surface area contributed by atoms with E-state index < -0.39 is 6.04 Å². The van der Waals surface area contributed by atoms with Crippen molar-refractivity contribution in [1.82, 2.24) is 15.6 Å². The van der Waals surface area contributed by atoms with Crippen LogP contribution in [-0.4, -0.2) is 34.8 Å². The molecule has 0 aliphatic heterocycles. The summed E-state index contributed by atoms with van der Waals surface area (Å²) >= 11 is 1.63. The lowest BCUT2D eigenvalue weighted by molar-refractivity contribution is -0.128. The Labute approximate surface area is 133 Å². The average molecular weight is 321 g/mol. The van der Waals surface area contributed by atoms with Crippen molar-refractivity contribution in [3.8, 4) is 0 Å². The zero-order valence-electron chi connectivity index (χ0n) is 12.6. The van der Waals surface area contributed by atoms with E-state index in [1.807, 2.05) is 30.5 Å². The van der Waals surface area contributed by atoms with Gasteiger partial charge in [0.1, 0.15) is 11.6 Å². The summed E-state index contributed by atoms with van der Waals surface area (Å²) in [6.07, 6.45) is 2.54. The Morgan fingerprint density at radius 3 is 2.82 bits per heavy atom. The maximum Gasteiger partial charge on any atom is 0.243 e. The van der Waals surface area contributed by atoms with Crippen LogP contribution < -0.4 is 10.6 Å². The van der Waals surface area contributed by atoms with Crippen molar-refractivity contribution in [2.45, 2.75) is 25.9 Å². The van der Waals surface area contributed by atoms with Gasteiger partial charge in [-0.3, -0.25) is 9.59 Å². The molecule has 118 valence electrons. The highest BCUT2D eigenvalue weighted by Crippen LogP contribution is 2.14. The van der Waals surface area contributed by atoms with Crippen molar-refractivity contribution in [3.05, 3.63) is 30.2 Å². The minimum Gasteiger partial charge on any atom is -0.439 e. The largest absolute Gasteiger partial charge is 0.439 e. The molecule has 0 saturated carbocycles. The van der Waals surface area contributed by atoms with E-state index in [1.165, 1.54) is 6.92 Å². The smallest absolute Gasteiger partial charge is 0.243 e. The third-order valence-corrected chi connectivity index (χ3v) is 3.70. The lowest BCUT2D eigenvalue weighted by Crippen LogP contribution is -2.46. The van der Waals surface area contributed by atoms with Crippen LogP contribution in [0.4, 0.5) is 0 Å². The molecule has 1 atom stereocenters. The van der Waals surface area contributed by atoms with Crippen LogP contribution in [0.25, 0.3) is 11.1 Å². The molecule has 0 spiro atoms. The van der Waals surface area contributed by atoms with Crippen LogP contribution in [0, 0.1) is 0 Å². The number of para-hydroxylation sites is 2. The van der Waals surface area contributed by atoms with Crippen molar-refractivity contribution in [2.24, 2.45) is 0 Å². The third kappa shape index (κ3) is 4.49. The van der Waals surface area contributed by atoms with Gasteiger partial charge in [0.25, 0.3) is 0 Å². The quantitative estimate of drug-likeness (QED) is 0.811. The van der Waals surface area contributed by atoms with Gasteiger partial charge in [-0.15, -0.1) is 0 Å². The van der Waals surface area contributed by atoms with E-state index >= 15 is 0 Å². The van der Waals surface area contributed by atoms with Gasteiger partial charge in [0.15, 0.2) is 5.58 Å². The van der Waals surface area contributed by atoms with E-state index in [4.69, 9.17) is 4.42 Å². The first-order valence-corrected chi connectivity index (χ1v) is 8.37. The van der Waals surface area contributed by atoms with E-state index in [1.54, 1.807) is 11.8 Å². The molecule has 2 N–H and O–H groups in total. The molecule has 1 aromatic heterocycles. The number of rotatable bonds is 7. The lowest BCUT2D eigenvalue weighted by Gasteiger charge is -2.16. The topological polar surface area (TPSA) is 84.2 Å². The van der Waals surface area contributed by atoms with Crippen LogP contribution in [-0.2, 0) is 16.1 Å². The second-order valence-corrected chi connectivity index (χ2v) is 5.81. The molecule has 1 aromatic carbocycles. The Bertz CT molecular complexity index is 623. The van der Waals surface area contributed by atoms with Crippen LogP contribution in [0.3, 0.4) is 0 Å². The van der Waals surface area contributed by atoms with Crippen molar-refractivity contribution >= 4 is 34.7 Å². The van der Waals surface area contributed by atoms with E-state index in [9.17, 15) is 9.59 Å². The molecule has 0 bridgehead atoms. The predicted molar refractivity (Wildman–Crippen MR) is 86.5 cm³/mol. The number of nitrogens with one attached hydrogen (secondary N) is 2. The minimum atomic E-state index is -0.533. The highest BCUT2D eigenvalue weighted by atomic mass is 32.2. The first-order chi connectivity index (χ1) is 10.6. The summed E-state index contributed by atoms with van der Waals surface area (Å²) in [5.74, 6) is 0.789. The van der Waals surface area contributed by atoms with Crippen molar-refractivity contribution in [3.63, 3.8) is 0 Å². The maximum absolute atomic E-state index is 12.2. The molecular formula is C15H19N3O3S. The molecule has 7 heteroatoms. The van der Waals surface area contributed by atoms with E-state index in [0.29, 0.717) is 17.9 Å². The highest BCUT2D eigenvalue weighted by Gasteiger charge is 2.19. The molecule has 2 amide bonds. The van der Waals surface area contributed by atoms with Gasteiger partial charge in [-0.05, 0) is 30.6 Å². The van der Waals surface area contributed by atoms with Crippen LogP contribution in [0.15, 0.2) is 28.7 Å². The van der Waals surface area contributed by atoms with Gasteiger partial charge in [0, 0.05) is 6.92 Å². The van der Waals surface area contributed by atoms with Crippen LogP contribution in [0.5, 0.6) is 0 Å². The van der Waals surface area contributed by atoms with Crippen LogP contribution in [0.1, 0.15) is 19.2 Å². The Kier molecular flexibility index (Phi) is 5.83. The number of hydrogen-bond donors (Lipinski definition) is 2. The SMILES string of the molecule is CSCC[C@H](NC(C)=O)C(=O)NCc1nc2ccccc2o1. The Balaban J connectivity index is 1.95. The van der Waals surface area contributed by atoms with Gasteiger partial charge in [-0.25, -0.2) is 4.98 Å². The summed E-state index contributed by atoms with van der Waals surface area (Å²) in [4.78, 5) is 27.6. The number of fused-ring (bicyclic) bond motifs is 1.